The monoisotopic (exact) mass is 286 g/mol. The number of carbonyl (C=O) groups excluding carboxylic acids is 2. The van der Waals surface area contributed by atoms with Crippen LogP contribution >= 0.6 is 27.3 Å². The number of hydrogen-bond acceptors (Lipinski definition) is 4. The number of amides is 2. The molecule has 2 unspecified atom stereocenters. The third-order valence-corrected chi connectivity index (χ3v) is 4.47. The Kier molecular flexibility index (Phi) is 1.97. The molecule has 1 saturated heterocycles. The lowest BCUT2D eigenvalue weighted by molar-refractivity contribution is -0.123. The van der Waals surface area contributed by atoms with Gasteiger partial charge in [0.2, 0.25) is 11.8 Å². The second-order valence-corrected chi connectivity index (χ2v) is 6.14. The molecule has 6 heteroatoms. The molecular formula is C9H7BrN2O2S. The van der Waals surface area contributed by atoms with E-state index in [0.29, 0.717) is 5.13 Å². The molecule has 1 saturated carbocycles. The summed E-state index contributed by atoms with van der Waals surface area (Å²) in [7, 11) is 0. The van der Waals surface area contributed by atoms with Crippen molar-refractivity contribution < 1.29 is 9.59 Å². The van der Waals surface area contributed by atoms with Gasteiger partial charge < -0.3 is 0 Å². The lowest BCUT2D eigenvalue weighted by atomic mass is 9.76. The van der Waals surface area contributed by atoms with Crippen LogP contribution in [0.5, 0.6) is 0 Å². The van der Waals surface area contributed by atoms with Crippen molar-refractivity contribution in [3.8, 4) is 0 Å². The first-order chi connectivity index (χ1) is 7.18. The molecule has 2 amide bonds. The second-order valence-electron chi connectivity index (χ2n) is 3.75. The predicted octanol–water partition coefficient (Wildman–Crippen LogP) is 1.80. The summed E-state index contributed by atoms with van der Waals surface area (Å²) in [5.74, 6) is -0.281. The smallest absolute Gasteiger partial charge is 0.239 e. The fraction of sp³-hybridized carbons (Fsp3) is 0.444. The maximum atomic E-state index is 11.8. The zero-order chi connectivity index (χ0) is 10.6. The number of anilines is 1. The van der Waals surface area contributed by atoms with Crippen LogP contribution in [-0.4, -0.2) is 16.8 Å². The van der Waals surface area contributed by atoms with Gasteiger partial charge in [-0.05, 0) is 28.8 Å². The summed E-state index contributed by atoms with van der Waals surface area (Å²) >= 11 is 4.59. The number of fused-ring (bicyclic) bond motifs is 1. The first kappa shape index (κ1) is 9.47. The van der Waals surface area contributed by atoms with Gasteiger partial charge in [-0.3, -0.25) is 9.59 Å². The number of hydrogen-bond donors (Lipinski definition) is 0. The van der Waals surface area contributed by atoms with Gasteiger partial charge in [0.25, 0.3) is 0 Å². The number of halogens is 1. The highest BCUT2D eigenvalue weighted by Gasteiger charge is 2.53. The molecule has 1 aliphatic heterocycles. The van der Waals surface area contributed by atoms with Crippen LogP contribution in [0.3, 0.4) is 0 Å². The molecule has 1 aromatic rings. The van der Waals surface area contributed by atoms with Gasteiger partial charge in [-0.25, -0.2) is 9.88 Å². The van der Waals surface area contributed by atoms with E-state index in [-0.39, 0.29) is 23.7 Å². The molecule has 1 aliphatic carbocycles. The van der Waals surface area contributed by atoms with Crippen LogP contribution in [0.2, 0.25) is 0 Å². The first-order valence-corrected chi connectivity index (χ1v) is 6.28. The summed E-state index contributed by atoms with van der Waals surface area (Å²) < 4.78 is 0.831. The normalized spacial score (nSPS) is 29.3. The summed E-state index contributed by atoms with van der Waals surface area (Å²) in [4.78, 5) is 29.0. The van der Waals surface area contributed by atoms with E-state index in [9.17, 15) is 9.59 Å². The summed E-state index contributed by atoms with van der Waals surface area (Å²) in [5, 5.41) is 0.492. The number of rotatable bonds is 1. The van der Waals surface area contributed by atoms with Crippen molar-refractivity contribution in [2.45, 2.75) is 12.8 Å². The zero-order valence-electron chi connectivity index (χ0n) is 7.64. The topological polar surface area (TPSA) is 50.3 Å². The third-order valence-electron chi connectivity index (χ3n) is 3.01. The molecule has 15 heavy (non-hydrogen) atoms. The molecule has 2 fully saturated rings. The molecule has 2 heterocycles. The minimum atomic E-state index is -0.0712. The Morgan fingerprint density at radius 2 is 1.93 bits per heavy atom. The third kappa shape index (κ3) is 1.21. The molecule has 0 aromatic carbocycles. The molecule has 4 nitrogen and oxygen atoms in total. The lowest BCUT2D eigenvalue weighted by Crippen LogP contribution is -2.29. The number of thiazole rings is 1. The van der Waals surface area contributed by atoms with Gasteiger partial charge in [-0.15, -0.1) is 0 Å². The van der Waals surface area contributed by atoms with E-state index >= 15 is 0 Å². The van der Waals surface area contributed by atoms with E-state index in [2.05, 4.69) is 20.9 Å². The average Bonchev–Trinajstić information content (AvgIpc) is 2.55. The fourth-order valence-electron chi connectivity index (χ4n) is 2.07. The molecule has 0 N–H and O–H groups in total. The molecule has 0 spiro atoms. The van der Waals surface area contributed by atoms with Crippen molar-refractivity contribution in [3.05, 3.63) is 9.98 Å². The lowest BCUT2D eigenvalue weighted by Gasteiger charge is -2.23. The van der Waals surface area contributed by atoms with Gasteiger partial charge in [0.05, 0.1) is 21.8 Å². The van der Waals surface area contributed by atoms with Crippen LogP contribution in [0.15, 0.2) is 9.98 Å². The Hall–Kier alpha value is -0.750. The highest BCUT2D eigenvalue weighted by molar-refractivity contribution is 9.11. The van der Waals surface area contributed by atoms with Gasteiger partial charge >= 0.3 is 0 Å². The van der Waals surface area contributed by atoms with Gasteiger partial charge in [0, 0.05) is 0 Å². The van der Waals surface area contributed by atoms with Crippen LogP contribution in [0.25, 0.3) is 0 Å². The summed E-state index contributed by atoms with van der Waals surface area (Å²) in [5.41, 5.74) is 0. The van der Waals surface area contributed by atoms with Crippen molar-refractivity contribution >= 4 is 44.2 Å². The summed E-state index contributed by atoms with van der Waals surface area (Å²) in [6.45, 7) is 0. The van der Waals surface area contributed by atoms with Crippen LogP contribution in [0, 0.1) is 11.8 Å². The molecule has 0 radical (unpaired) electrons. The quantitative estimate of drug-likeness (QED) is 0.740. The number of imide groups is 1. The molecular weight excluding hydrogens is 280 g/mol. The van der Waals surface area contributed by atoms with E-state index < -0.39 is 0 Å². The van der Waals surface area contributed by atoms with E-state index in [1.807, 2.05) is 0 Å². The Morgan fingerprint density at radius 1 is 1.33 bits per heavy atom. The second kappa shape index (κ2) is 3.12. The van der Waals surface area contributed by atoms with E-state index in [0.717, 1.165) is 16.6 Å². The highest BCUT2D eigenvalue weighted by Crippen LogP contribution is 2.44. The van der Waals surface area contributed by atoms with Crippen molar-refractivity contribution in [3.63, 3.8) is 0 Å². The van der Waals surface area contributed by atoms with Gasteiger partial charge in [0.15, 0.2) is 5.13 Å². The van der Waals surface area contributed by atoms with E-state index in [1.54, 1.807) is 6.20 Å². The van der Waals surface area contributed by atoms with E-state index in [4.69, 9.17) is 0 Å². The molecule has 2 aliphatic rings. The zero-order valence-corrected chi connectivity index (χ0v) is 10.0. The average molecular weight is 287 g/mol. The Bertz CT molecular complexity index is 437. The molecule has 3 rings (SSSR count). The van der Waals surface area contributed by atoms with Gasteiger partial charge in [-0.1, -0.05) is 11.3 Å². The van der Waals surface area contributed by atoms with Crippen LogP contribution in [0.1, 0.15) is 12.8 Å². The maximum absolute atomic E-state index is 11.8. The van der Waals surface area contributed by atoms with Crippen molar-refractivity contribution in [2.75, 3.05) is 4.90 Å². The Labute approximate surface area is 98.4 Å². The summed E-state index contributed by atoms with van der Waals surface area (Å²) in [6, 6.07) is 0. The van der Waals surface area contributed by atoms with Crippen molar-refractivity contribution in [2.24, 2.45) is 11.8 Å². The molecule has 78 valence electrons. The van der Waals surface area contributed by atoms with Gasteiger partial charge in [0.1, 0.15) is 0 Å². The Balaban J connectivity index is 1.99. The minimum Gasteiger partial charge on any atom is -0.274 e. The minimum absolute atomic E-state index is 0.0693. The largest absolute Gasteiger partial charge is 0.274 e. The standard InChI is InChI=1S/C9H7BrN2O2S/c10-6-3-11-9(15-6)12-7(13)4-1-2-5(4)8(12)14/h3-5H,1-2H2. The number of carbonyl (C=O) groups is 2. The number of aromatic nitrogens is 1. The molecule has 0 bridgehead atoms. The molecule has 2 atom stereocenters. The van der Waals surface area contributed by atoms with Crippen LogP contribution < -0.4 is 4.90 Å². The molecule has 1 aromatic heterocycles. The van der Waals surface area contributed by atoms with Gasteiger partial charge in [-0.2, -0.15) is 0 Å². The fourth-order valence-corrected chi connectivity index (χ4v) is 3.26. The predicted molar refractivity (Wildman–Crippen MR) is 58.5 cm³/mol. The van der Waals surface area contributed by atoms with Crippen molar-refractivity contribution in [1.82, 2.24) is 4.98 Å². The maximum Gasteiger partial charge on any atom is 0.239 e. The van der Waals surface area contributed by atoms with Crippen LogP contribution in [0.4, 0.5) is 5.13 Å². The SMILES string of the molecule is O=C1C2CCC2C(=O)N1c1ncc(Br)s1. The summed E-state index contributed by atoms with van der Waals surface area (Å²) in [6.07, 6.45) is 3.30. The van der Waals surface area contributed by atoms with Crippen LogP contribution in [-0.2, 0) is 9.59 Å². The van der Waals surface area contributed by atoms with Crippen molar-refractivity contribution in [1.29, 1.82) is 0 Å². The number of nitrogens with zero attached hydrogens (tertiary/aromatic N) is 2. The Morgan fingerprint density at radius 3 is 2.33 bits per heavy atom. The van der Waals surface area contributed by atoms with E-state index in [1.165, 1.54) is 16.2 Å². The highest BCUT2D eigenvalue weighted by atomic mass is 79.9. The first-order valence-electron chi connectivity index (χ1n) is 4.67.